The van der Waals surface area contributed by atoms with E-state index in [1.807, 2.05) is 27.7 Å². The Hall–Kier alpha value is -3.55. The molecule has 5 rings (SSSR count). The van der Waals surface area contributed by atoms with E-state index in [9.17, 15) is 22.4 Å². The van der Waals surface area contributed by atoms with Gasteiger partial charge in [-0.15, -0.1) is 16.4 Å². The smallest absolute Gasteiger partial charge is 0.336 e. The largest absolute Gasteiger partial charge is 0.434 e. The molecule has 1 atom stereocenters. The number of hydrogen-bond donors (Lipinski definition) is 2. The predicted octanol–water partition coefficient (Wildman–Crippen LogP) is 5.45. The summed E-state index contributed by atoms with van der Waals surface area (Å²) >= 11 is 0.765. The van der Waals surface area contributed by atoms with Crippen LogP contribution in [0.15, 0.2) is 29.9 Å². The molecular formula is C22H26F4N8OS. The van der Waals surface area contributed by atoms with Crippen LogP contribution in [0.25, 0.3) is 16.2 Å². The van der Waals surface area contributed by atoms with Crippen LogP contribution in [0.3, 0.4) is 0 Å². The van der Waals surface area contributed by atoms with Crippen LogP contribution < -0.4 is 10.2 Å². The number of thiazole rings is 1. The van der Waals surface area contributed by atoms with E-state index in [1.54, 1.807) is 23.2 Å². The van der Waals surface area contributed by atoms with Gasteiger partial charge in [-0.3, -0.25) is 9.89 Å². The fourth-order valence-electron chi connectivity index (χ4n) is 3.32. The molecule has 4 aromatic heterocycles. The number of carbonyl (C=O) groups excluding carboxylic acids is 1. The van der Waals surface area contributed by atoms with Gasteiger partial charge >= 0.3 is 6.18 Å². The molecule has 0 radical (unpaired) electrons. The highest BCUT2D eigenvalue weighted by Gasteiger charge is 2.34. The number of nitrogens with zero attached hydrogens (tertiary/aromatic N) is 6. The predicted molar refractivity (Wildman–Crippen MR) is 130 cm³/mol. The molecule has 5 heterocycles. The monoisotopic (exact) mass is 526 g/mol. The summed E-state index contributed by atoms with van der Waals surface area (Å²) < 4.78 is 53.5. The Morgan fingerprint density at radius 1 is 1.22 bits per heavy atom. The maximum atomic E-state index is 13.5. The van der Waals surface area contributed by atoms with Gasteiger partial charge in [-0.1, -0.05) is 27.7 Å². The number of alkyl halides is 4. The first kappa shape index (κ1) is 27.0. The van der Waals surface area contributed by atoms with Crippen molar-refractivity contribution in [3.63, 3.8) is 0 Å². The van der Waals surface area contributed by atoms with Gasteiger partial charge in [0, 0.05) is 29.9 Å². The second kappa shape index (κ2) is 11.5. The van der Waals surface area contributed by atoms with Crippen molar-refractivity contribution in [1.82, 2.24) is 29.8 Å². The van der Waals surface area contributed by atoms with Crippen LogP contribution in [-0.4, -0.2) is 54.9 Å². The molecule has 2 N–H and O–H groups in total. The number of fused-ring (bicyclic) bond motifs is 1. The third kappa shape index (κ3) is 5.80. The molecule has 1 fully saturated rings. The summed E-state index contributed by atoms with van der Waals surface area (Å²) in [5, 5.41) is 14.1. The molecule has 0 saturated carbocycles. The summed E-state index contributed by atoms with van der Waals surface area (Å²) in [5.41, 5.74) is -0.0680. The van der Waals surface area contributed by atoms with Crippen LogP contribution in [0.4, 0.5) is 29.2 Å². The number of nitrogens with one attached hydrogen (secondary N) is 2. The molecule has 1 unspecified atom stereocenters. The summed E-state index contributed by atoms with van der Waals surface area (Å²) in [6.45, 7) is 8.76. The zero-order valence-electron chi connectivity index (χ0n) is 20.1. The maximum Gasteiger partial charge on any atom is 0.434 e. The Kier molecular flexibility index (Phi) is 8.61. The Bertz CT molecular complexity index is 1300. The molecule has 36 heavy (non-hydrogen) atoms. The zero-order valence-corrected chi connectivity index (χ0v) is 20.9. The van der Waals surface area contributed by atoms with Crippen molar-refractivity contribution in [2.75, 3.05) is 23.3 Å². The molecule has 1 saturated heterocycles. The summed E-state index contributed by atoms with van der Waals surface area (Å²) in [5.74, 6) is -0.209. The maximum absolute atomic E-state index is 13.5. The molecule has 194 valence electrons. The third-order valence-corrected chi connectivity index (χ3v) is 5.76. The Balaban J connectivity index is 0.000000861. The van der Waals surface area contributed by atoms with Crippen LogP contribution in [0.2, 0.25) is 0 Å². The van der Waals surface area contributed by atoms with E-state index in [4.69, 9.17) is 0 Å². The van der Waals surface area contributed by atoms with Gasteiger partial charge in [0.05, 0.1) is 18.3 Å². The molecule has 9 nitrogen and oxygen atoms in total. The molecule has 0 aliphatic carbocycles. The minimum atomic E-state index is -4.58. The molecule has 14 heteroatoms. The van der Waals surface area contributed by atoms with Crippen LogP contribution in [0.5, 0.6) is 0 Å². The van der Waals surface area contributed by atoms with Gasteiger partial charge in [-0.05, 0) is 12.5 Å². The van der Waals surface area contributed by atoms with E-state index in [2.05, 4.69) is 30.6 Å². The molecule has 0 bridgehead atoms. The lowest BCUT2D eigenvalue weighted by atomic mass is 10.2. The number of carbonyl (C=O) groups is 1. The standard InChI is InChI=1S/C18H14F4N8OS.2C2H6/c19-9-1-3-29(7-9)17-26-13-5-10(2-4-30(13)28-17)24-15(31)14-11(6-23-27-14)16-25-12(8-32-16)18(20,21)22;2*1-2/h2,4-6,8-9H,1,3,7H2,(H,23,27)(H,24,31);2*1-2H3. The molecule has 1 aliphatic heterocycles. The molecule has 0 aromatic carbocycles. The van der Waals surface area contributed by atoms with E-state index in [-0.39, 0.29) is 22.8 Å². The summed E-state index contributed by atoms with van der Waals surface area (Å²) in [7, 11) is 0. The number of amides is 1. The van der Waals surface area contributed by atoms with Gasteiger partial charge in [0.25, 0.3) is 5.91 Å². The van der Waals surface area contributed by atoms with Crippen LogP contribution in [-0.2, 0) is 6.18 Å². The van der Waals surface area contributed by atoms with Crippen molar-refractivity contribution in [3.8, 4) is 10.6 Å². The average Bonchev–Trinajstić information content (AvgIpc) is 3.66. The van der Waals surface area contributed by atoms with Crippen LogP contribution in [0, 0.1) is 0 Å². The number of hydrogen-bond acceptors (Lipinski definition) is 7. The van der Waals surface area contributed by atoms with Crippen molar-refractivity contribution in [2.24, 2.45) is 0 Å². The zero-order chi connectivity index (χ0) is 26.5. The number of aromatic nitrogens is 6. The lowest BCUT2D eigenvalue weighted by Crippen LogP contribution is -2.21. The first-order valence-corrected chi connectivity index (χ1v) is 12.3. The van der Waals surface area contributed by atoms with Crippen LogP contribution in [0.1, 0.15) is 50.3 Å². The molecule has 0 spiro atoms. The second-order valence-electron chi connectivity index (χ2n) is 7.11. The van der Waals surface area contributed by atoms with Gasteiger partial charge in [0.15, 0.2) is 11.3 Å². The lowest BCUT2D eigenvalue weighted by Gasteiger charge is -2.10. The molecular weight excluding hydrogens is 500 g/mol. The molecule has 1 amide bonds. The fourth-order valence-corrected chi connectivity index (χ4v) is 4.17. The number of rotatable bonds is 4. The van der Waals surface area contributed by atoms with E-state index >= 15 is 0 Å². The summed E-state index contributed by atoms with van der Waals surface area (Å²) in [4.78, 5) is 22.4. The molecule has 4 aromatic rings. The number of anilines is 2. The minimum absolute atomic E-state index is 0.0190. The van der Waals surface area contributed by atoms with Crippen LogP contribution >= 0.6 is 11.3 Å². The van der Waals surface area contributed by atoms with Crippen molar-refractivity contribution < 1.29 is 22.4 Å². The van der Waals surface area contributed by atoms with Crippen molar-refractivity contribution >= 4 is 34.5 Å². The van der Waals surface area contributed by atoms with E-state index in [0.29, 0.717) is 30.2 Å². The van der Waals surface area contributed by atoms with Gasteiger partial charge in [-0.25, -0.2) is 13.9 Å². The first-order chi connectivity index (χ1) is 17.3. The first-order valence-electron chi connectivity index (χ1n) is 11.4. The van der Waals surface area contributed by atoms with E-state index in [1.165, 1.54) is 10.7 Å². The second-order valence-corrected chi connectivity index (χ2v) is 7.97. The number of aromatic amines is 1. The number of H-pyrrole nitrogens is 1. The summed E-state index contributed by atoms with van der Waals surface area (Å²) in [6.07, 6.45) is -2.23. The lowest BCUT2D eigenvalue weighted by molar-refractivity contribution is -0.140. The highest BCUT2D eigenvalue weighted by atomic mass is 32.1. The highest BCUT2D eigenvalue weighted by molar-refractivity contribution is 7.13. The SMILES string of the molecule is CC.CC.O=C(Nc1ccn2nc(N3CCC(F)C3)nc2c1)c1[nH]ncc1-c1nc(C(F)(F)F)cs1. The van der Waals surface area contributed by atoms with Crippen molar-refractivity contribution in [2.45, 2.75) is 46.5 Å². The molecule has 1 aliphatic rings. The van der Waals surface area contributed by atoms with Crippen molar-refractivity contribution in [1.29, 1.82) is 0 Å². The van der Waals surface area contributed by atoms with E-state index in [0.717, 1.165) is 16.7 Å². The normalized spacial score (nSPS) is 15.2. The van der Waals surface area contributed by atoms with Gasteiger partial charge in [0.1, 0.15) is 16.9 Å². The average molecular weight is 527 g/mol. The third-order valence-electron chi connectivity index (χ3n) is 4.89. The number of pyridine rings is 1. The fraction of sp³-hybridized carbons (Fsp3) is 0.409. The summed E-state index contributed by atoms with van der Waals surface area (Å²) in [6, 6.07) is 3.17. The van der Waals surface area contributed by atoms with Gasteiger partial charge in [-0.2, -0.15) is 23.3 Å². The van der Waals surface area contributed by atoms with Crippen molar-refractivity contribution in [3.05, 3.63) is 41.3 Å². The number of halogens is 4. The Morgan fingerprint density at radius 3 is 2.61 bits per heavy atom. The minimum Gasteiger partial charge on any atom is -0.336 e. The van der Waals surface area contributed by atoms with Gasteiger partial charge < -0.3 is 10.2 Å². The van der Waals surface area contributed by atoms with Gasteiger partial charge in [0.2, 0.25) is 5.95 Å². The topological polar surface area (TPSA) is 104 Å². The Morgan fingerprint density at radius 2 is 1.97 bits per heavy atom. The highest BCUT2D eigenvalue weighted by Crippen LogP contribution is 2.34. The quantitative estimate of drug-likeness (QED) is 0.343. The Labute approximate surface area is 208 Å². The van der Waals surface area contributed by atoms with E-state index < -0.39 is 23.9 Å².